The highest BCUT2D eigenvalue weighted by Crippen LogP contribution is 2.15. The van der Waals surface area contributed by atoms with Gasteiger partial charge in [-0.25, -0.2) is 0 Å². The fourth-order valence-electron chi connectivity index (χ4n) is 1.69. The average molecular weight is 128 g/mol. The van der Waals surface area contributed by atoms with Crippen LogP contribution in [-0.2, 0) is 0 Å². The van der Waals surface area contributed by atoms with Gasteiger partial charge in [0.1, 0.15) is 0 Å². The Labute approximate surface area is 54.4 Å². The van der Waals surface area contributed by atoms with Crippen molar-refractivity contribution in [2.45, 2.75) is 24.6 Å². The highest BCUT2D eigenvalue weighted by atomic mass is 16.3. The van der Waals surface area contributed by atoms with E-state index in [0.29, 0.717) is 12.1 Å². The number of rotatable bonds is 0. The molecule has 3 heteroatoms. The second-order valence-electron chi connectivity index (χ2n) is 2.93. The summed E-state index contributed by atoms with van der Waals surface area (Å²) in [5.74, 6) is 0. The molecule has 2 aliphatic rings. The minimum absolute atomic E-state index is 0.106. The summed E-state index contributed by atoms with van der Waals surface area (Å²) in [5.41, 5.74) is 0. The van der Waals surface area contributed by atoms with Crippen molar-refractivity contribution < 1.29 is 5.11 Å². The topological polar surface area (TPSA) is 44.3 Å². The van der Waals surface area contributed by atoms with E-state index in [9.17, 15) is 5.11 Å². The summed E-state index contributed by atoms with van der Waals surface area (Å²) in [7, 11) is 0. The van der Waals surface area contributed by atoms with E-state index in [1.807, 2.05) is 0 Å². The summed E-state index contributed by atoms with van der Waals surface area (Å²) < 4.78 is 0. The molecule has 3 atom stereocenters. The lowest BCUT2D eigenvalue weighted by molar-refractivity contribution is 0.161. The van der Waals surface area contributed by atoms with Crippen molar-refractivity contribution in [2.24, 2.45) is 0 Å². The molecule has 2 aliphatic heterocycles. The van der Waals surface area contributed by atoms with Crippen LogP contribution in [0.1, 0.15) is 6.42 Å². The highest BCUT2D eigenvalue weighted by molar-refractivity contribution is 4.96. The maximum absolute atomic E-state index is 9.30. The van der Waals surface area contributed by atoms with Gasteiger partial charge >= 0.3 is 0 Å². The Morgan fingerprint density at radius 3 is 2.89 bits per heavy atom. The van der Waals surface area contributed by atoms with Crippen LogP contribution in [0.2, 0.25) is 0 Å². The Hall–Kier alpha value is -0.120. The van der Waals surface area contributed by atoms with Crippen LogP contribution in [0.4, 0.5) is 0 Å². The predicted octanol–water partition coefficient (Wildman–Crippen LogP) is -1.32. The zero-order valence-electron chi connectivity index (χ0n) is 5.30. The summed E-state index contributed by atoms with van der Waals surface area (Å²) >= 11 is 0. The van der Waals surface area contributed by atoms with Crippen LogP contribution in [0.3, 0.4) is 0 Å². The highest BCUT2D eigenvalue weighted by Gasteiger charge is 2.34. The first-order valence-corrected chi connectivity index (χ1v) is 3.51. The fourth-order valence-corrected chi connectivity index (χ4v) is 1.69. The Kier molecular flexibility index (Phi) is 1.22. The zero-order valence-corrected chi connectivity index (χ0v) is 5.30. The largest absolute Gasteiger partial charge is 0.391 e. The number of hydrogen-bond donors (Lipinski definition) is 3. The first-order chi connectivity index (χ1) is 4.36. The van der Waals surface area contributed by atoms with Gasteiger partial charge < -0.3 is 15.7 Å². The minimum atomic E-state index is -0.106. The van der Waals surface area contributed by atoms with E-state index >= 15 is 0 Å². The van der Waals surface area contributed by atoms with Crippen molar-refractivity contribution in [3.63, 3.8) is 0 Å². The molecule has 3 N–H and O–H groups in total. The van der Waals surface area contributed by atoms with E-state index in [-0.39, 0.29) is 6.10 Å². The van der Waals surface area contributed by atoms with Crippen LogP contribution in [0, 0.1) is 0 Å². The normalized spacial score (nSPS) is 49.7. The number of nitrogens with one attached hydrogen (secondary N) is 2. The molecular formula is C6H12N2O. The summed E-state index contributed by atoms with van der Waals surface area (Å²) in [6.07, 6.45) is 0.822. The summed E-state index contributed by atoms with van der Waals surface area (Å²) in [5, 5.41) is 15.9. The van der Waals surface area contributed by atoms with Crippen molar-refractivity contribution in [1.82, 2.24) is 10.6 Å². The molecule has 0 aromatic carbocycles. The van der Waals surface area contributed by atoms with Gasteiger partial charge in [0.2, 0.25) is 0 Å². The van der Waals surface area contributed by atoms with Crippen LogP contribution < -0.4 is 10.6 Å². The standard InChI is InChI=1S/C6H12N2O/c9-6-1-4-2-7-3-5(6)8-4/h4-9H,1-3H2. The van der Waals surface area contributed by atoms with Gasteiger partial charge in [0.05, 0.1) is 6.10 Å². The predicted molar refractivity (Wildman–Crippen MR) is 34.2 cm³/mol. The van der Waals surface area contributed by atoms with E-state index in [2.05, 4.69) is 10.6 Å². The van der Waals surface area contributed by atoms with Gasteiger partial charge in [-0.3, -0.25) is 0 Å². The maximum atomic E-state index is 9.30. The first-order valence-electron chi connectivity index (χ1n) is 3.51. The van der Waals surface area contributed by atoms with Crippen LogP contribution in [0.25, 0.3) is 0 Å². The number of fused-ring (bicyclic) bond motifs is 2. The Balaban J connectivity index is 2.07. The smallest absolute Gasteiger partial charge is 0.0721 e. The van der Waals surface area contributed by atoms with Crippen LogP contribution in [0.5, 0.6) is 0 Å². The molecule has 3 nitrogen and oxygen atoms in total. The third-order valence-corrected chi connectivity index (χ3v) is 2.20. The van der Waals surface area contributed by atoms with E-state index in [1.165, 1.54) is 0 Å². The van der Waals surface area contributed by atoms with Gasteiger partial charge in [-0.15, -0.1) is 0 Å². The summed E-state index contributed by atoms with van der Waals surface area (Å²) in [6, 6.07) is 0.850. The number of piperazine rings is 1. The molecule has 0 aliphatic carbocycles. The molecule has 52 valence electrons. The number of hydrogen-bond acceptors (Lipinski definition) is 3. The number of aliphatic hydroxyl groups excluding tert-OH is 1. The van der Waals surface area contributed by atoms with Crippen molar-refractivity contribution in [3.05, 3.63) is 0 Å². The molecule has 0 spiro atoms. The molecule has 9 heavy (non-hydrogen) atoms. The Morgan fingerprint density at radius 2 is 2.22 bits per heavy atom. The van der Waals surface area contributed by atoms with Gasteiger partial charge in [0, 0.05) is 25.2 Å². The van der Waals surface area contributed by atoms with Gasteiger partial charge in [-0.05, 0) is 6.42 Å². The third kappa shape index (κ3) is 0.852. The Bertz CT molecular complexity index is 116. The van der Waals surface area contributed by atoms with E-state index in [0.717, 1.165) is 19.5 Å². The van der Waals surface area contributed by atoms with Crippen molar-refractivity contribution in [1.29, 1.82) is 0 Å². The summed E-state index contributed by atoms with van der Waals surface area (Å²) in [6.45, 7) is 1.95. The molecule has 2 rings (SSSR count). The summed E-state index contributed by atoms with van der Waals surface area (Å²) in [4.78, 5) is 0. The molecule has 0 aromatic heterocycles. The van der Waals surface area contributed by atoms with Crippen molar-refractivity contribution in [2.75, 3.05) is 13.1 Å². The monoisotopic (exact) mass is 128 g/mol. The lowest BCUT2D eigenvalue weighted by Gasteiger charge is -2.21. The minimum Gasteiger partial charge on any atom is -0.391 e. The third-order valence-electron chi connectivity index (χ3n) is 2.20. The lowest BCUT2D eigenvalue weighted by atomic mass is 10.2. The van der Waals surface area contributed by atoms with Gasteiger partial charge in [-0.1, -0.05) is 0 Å². The SMILES string of the molecule is OC1CC2CNCC1N2. The molecule has 2 heterocycles. The van der Waals surface area contributed by atoms with Gasteiger partial charge in [0.15, 0.2) is 0 Å². The molecule has 2 bridgehead atoms. The lowest BCUT2D eigenvalue weighted by Crippen LogP contribution is -2.50. The van der Waals surface area contributed by atoms with Crippen molar-refractivity contribution in [3.8, 4) is 0 Å². The molecular weight excluding hydrogens is 116 g/mol. The maximum Gasteiger partial charge on any atom is 0.0721 e. The van der Waals surface area contributed by atoms with E-state index < -0.39 is 0 Å². The van der Waals surface area contributed by atoms with Gasteiger partial charge in [0.25, 0.3) is 0 Å². The van der Waals surface area contributed by atoms with E-state index in [1.54, 1.807) is 0 Å². The molecule has 0 amide bonds. The second kappa shape index (κ2) is 1.94. The second-order valence-corrected chi connectivity index (χ2v) is 2.93. The number of aliphatic hydroxyl groups is 1. The Morgan fingerprint density at radius 1 is 1.33 bits per heavy atom. The van der Waals surface area contributed by atoms with Crippen LogP contribution in [0.15, 0.2) is 0 Å². The first kappa shape index (κ1) is 5.65. The quantitative estimate of drug-likeness (QED) is 0.379. The molecule has 2 fully saturated rings. The fraction of sp³-hybridized carbons (Fsp3) is 1.00. The van der Waals surface area contributed by atoms with Crippen LogP contribution in [-0.4, -0.2) is 36.4 Å². The van der Waals surface area contributed by atoms with E-state index in [4.69, 9.17) is 0 Å². The van der Waals surface area contributed by atoms with Gasteiger partial charge in [-0.2, -0.15) is 0 Å². The molecule has 3 unspecified atom stereocenters. The molecule has 0 saturated carbocycles. The average Bonchev–Trinajstić information content (AvgIpc) is 2.09. The zero-order chi connectivity index (χ0) is 6.27. The van der Waals surface area contributed by atoms with Crippen LogP contribution >= 0.6 is 0 Å². The molecule has 2 saturated heterocycles. The molecule has 0 aromatic rings. The molecule has 0 radical (unpaired) electrons. The van der Waals surface area contributed by atoms with Crippen molar-refractivity contribution >= 4 is 0 Å².